The van der Waals surface area contributed by atoms with Crippen LogP contribution in [0.15, 0.2) is 80.9 Å². The van der Waals surface area contributed by atoms with Crippen LogP contribution in [0.4, 0.5) is 0 Å². The van der Waals surface area contributed by atoms with Gasteiger partial charge in [-0.15, -0.1) is 0 Å². The van der Waals surface area contributed by atoms with Gasteiger partial charge in [-0.1, -0.05) is 23.8 Å². The number of oxazole rings is 1. The Morgan fingerprint density at radius 3 is 2.58 bits per heavy atom. The lowest BCUT2D eigenvalue weighted by atomic mass is 10.1. The molecule has 0 fully saturated rings. The summed E-state index contributed by atoms with van der Waals surface area (Å²) in [4.78, 5) is 17.0. The number of hydrogen-bond acceptors (Lipinski definition) is 7. The Kier molecular flexibility index (Phi) is 6.43. The van der Waals surface area contributed by atoms with E-state index in [1.165, 1.54) is 24.7 Å². The third-order valence-electron chi connectivity index (χ3n) is 4.96. The predicted octanol–water partition coefficient (Wildman–Crippen LogP) is 4.39. The van der Waals surface area contributed by atoms with Crippen LogP contribution in [0.2, 0.25) is 0 Å². The van der Waals surface area contributed by atoms with Crippen LogP contribution in [0.3, 0.4) is 0 Å². The zero-order valence-corrected chi connectivity index (χ0v) is 18.9. The van der Waals surface area contributed by atoms with Crippen molar-refractivity contribution in [1.29, 1.82) is 0 Å². The second-order valence-corrected chi connectivity index (χ2v) is 9.23. The summed E-state index contributed by atoms with van der Waals surface area (Å²) in [6.45, 7) is 3.58. The van der Waals surface area contributed by atoms with Gasteiger partial charge in [0, 0.05) is 5.56 Å². The highest BCUT2D eigenvalue weighted by atomic mass is 32.2. The largest absolute Gasteiger partial charge is 0.468 e. The Labute approximate surface area is 191 Å². The molecular weight excluding hydrogens is 444 g/mol. The summed E-state index contributed by atoms with van der Waals surface area (Å²) in [5.41, 5.74) is 3.12. The normalized spacial score (nSPS) is 11.5. The number of aromatic nitrogens is 1. The third-order valence-corrected chi connectivity index (χ3v) is 6.36. The van der Waals surface area contributed by atoms with E-state index in [0.29, 0.717) is 22.9 Å². The number of carbonyl (C=O) groups excluding carboxylic acids is 1. The fourth-order valence-corrected chi connectivity index (χ4v) is 4.09. The Bertz CT molecular complexity index is 1360. The summed E-state index contributed by atoms with van der Waals surface area (Å²) in [5.74, 6) is 0.242. The number of nitrogens with one attached hydrogen (secondary N) is 1. The van der Waals surface area contributed by atoms with Crippen molar-refractivity contribution in [3.05, 3.63) is 95.3 Å². The Morgan fingerprint density at radius 2 is 1.85 bits per heavy atom. The van der Waals surface area contributed by atoms with Crippen LogP contribution < -0.4 is 4.72 Å². The molecule has 0 unspecified atom stereocenters. The molecule has 0 bridgehead atoms. The molecule has 0 spiro atoms. The topological polar surface area (TPSA) is 112 Å². The molecule has 0 aliphatic heterocycles. The number of ether oxygens (including phenoxy) is 1. The van der Waals surface area contributed by atoms with Crippen molar-refractivity contribution in [3.63, 3.8) is 0 Å². The van der Waals surface area contributed by atoms with Gasteiger partial charge in [-0.05, 0) is 55.8 Å². The monoisotopic (exact) mass is 466 g/mol. The zero-order valence-electron chi connectivity index (χ0n) is 18.1. The maximum Gasteiger partial charge on any atom is 0.338 e. The van der Waals surface area contributed by atoms with Crippen LogP contribution in [0.25, 0.3) is 11.5 Å². The van der Waals surface area contributed by atoms with Gasteiger partial charge in [0.25, 0.3) is 0 Å². The molecular formula is C24H22N2O6S. The van der Waals surface area contributed by atoms with Crippen LogP contribution in [-0.4, -0.2) is 19.4 Å². The van der Waals surface area contributed by atoms with Gasteiger partial charge >= 0.3 is 5.97 Å². The summed E-state index contributed by atoms with van der Waals surface area (Å²) < 4.78 is 43.7. The molecule has 0 saturated heterocycles. The van der Waals surface area contributed by atoms with Gasteiger partial charge in [-0.2, -0.15) is 0 Å². The van der Waals surface area contributed by atoms with E-state index in [1.54, 1.807) is 25.1 Å². The number of esters is 1. The molecule has 0 aliphatic rings. The van der Waals surface area contributed by atoms with Crippen LogP contribution in [0.1, 0.15) is 32.9 Å². The van der Waals surface area contributed by atoms with Crippen molar-refractivity contribution in [2.45, 2.75) is 31.9 Å². The van der Waals surface area contributed by atoms with E-state index < -0.39 is 16.0 Å². The second kappa shape index (κ2) is 9.43. The first kappa shape index (κ1) is 22.5. The first-order valence-corrected chi connectivity index (χ1v) is 11.6. The predicted molar refractivity (Wildman–Crippen MR) is 120 cm³/mol. The van der Waals surface area contributed by atoms with Gasteiger partial charge in [0.05, 0.1) is 23.3 Å². The van der Waals surface area contributed by atoms with E-state index in [1.807, 2.05) is 31.2 Å². The lowest BCUT2D eigenvalue weighted by molar-refractivity contribution is 0.0466. The molecule has 8 nitrogen and oxygen atoms in total. The molecule has 33 heavy (non-hydrogen) atoms. The van der Waals surface area contributed by atoms with Crippen LogP contribution >= 0.6 is 0 Å². The minimum atomic E-state index is -3.85. The van der Waals surface area contributed by atoms with Crippen molar-refractivity contribution in [2.75, 3.05) is 0 Å². The maximum absolute atomic E-state index is 12.7. The zero-order chi connectivity index (χ0) is 23.4. The van der Waals surface area contributed by atoms with Gasteiger partial charge in [0.15, 0.2) is 0 Å². The Morgan fingerprint density at radius 1 is 1.06 bits per heavy atom. The average molecular weight is 467 g/mol. The lowest BCUT2D eigenvalue weighted by Crippen LogP contribution is -2.23. The molecule has 0 amide bonds. The minimum Gasteiger partial charge on any atom is -0.468 e. The van der Waals surface area contributed by atoms with E-state index in [0.717, 1.165) is 11.1 Å². The van der Waals surface area contributed by atoms with Gasteiger partial charge < -0.3 is 13.6 Å². The van der Waals surface area contributed by atoms with Gasteiger partial charge in [-0.3, -0.25) is 0 Å². The smallest absolute Gasteiger partial charge is 0.338 e. The molecule has 0 atom stereocenters. The van der Waals surface area contributed by atoms with Crippen LogP contribution in [0, 0.1) is 13.8 Å². The number of sulfonamides is 1. The molecule has 4 rings (SSSR count). The number of rotatable bonds is 8. The van der Waals surface area contributed by atoms with Gasteiger partial charge in [0.2, 0.25) is 15.9 Å². The van der Waals surface area contributed by atoms with Gasteiger partial charge in [-0.25, -0.2) is 22.9 Å². The fourth-order valence-electron chi connectivity index (χ4n) is 3.07. The SMILES string of the molecule is Cc1ccc(-c2nc(COC(=O)c3cc(S(=O)(=O)NCc4ccco4)ccc3C)co2)cc1. The van der Waals surface area contributed by atoms with E-state index in [4.69, 9.17) is 13.6 Å². The van der Waals surface area contributed by atoms with Crippen molar-refractivity contribution in [1.82, 2.24) is 9.71 Å². The molecule has 0 aliphatic carbocycles. The quantitative estimate of drug-likeness (QED) is 0.383. The number of furan rings is 1. The Hall–Kier alpha value is -3.69. The second-order valence-electron chi connectivity index (χ2n) is 7.47. The van der Waals surface area contributed by atoms with E-state index in [2.05, 4.69) is 9.71 Å². The summed E-state index contributed by atoms with van der Waals surface area (Å²) in [6.07, 6.45) is 2.89. The van der Waals surface area contributed by atoms with Gasteiger partial charge in [0.1, 0.15) is 24.3 Å². The lowest BCUT2D eigenvalue weighted by Gasteiger charge is -2.10. The van der Waals surface area contributed by atoms with Crippen LogP contribution in [0.5, 0.6) is 0 Å². The number of nitrogens with zero attached hydrogens (tertiary/aromatic N) is 1. The minimum absolute atomic E-state index is 0.00152. The number of hydrogen-bond donors (Lipinski definition) is 1. The van der Waals surface area contributed by atoms with E-state index in [9.17, 15) is 13.2 Å². The molecule has 1 N–H and O–H groups in total. The summed E-state index contributed by atoms with van der Waals surface area (Å²) >= 11 is 0. The molecule has 2 heterocycles. The van der Waals surface area contributed by atoms with E-state index in [-0.39, 0.29) is 23.6 Å². The highest BCUT2D eigenvalue weighted by Crippen LogP contribution is 2.21. The maximum atomic E-state index is 12.7. The van der Waals surface area contributed by atoms with Crippen LogP contribution in [-0.2, 0) is 27.9 Å². The first-order chi connectivity index (χ1) is 15.8. The van der Waals surface area contributed by atoms with Crippen molar-refractivity contribution in [2.24, 2.45) is 0 Å². The highest BCUT2D eigenvalue weighted by molar-refractivity contribution is 7.89. The molecule has 9 heteroatoms. The van der Waals surface area contributed by atoms with E-state index >= 15 is 0 Å². The average Bonchev–Trinajstić information content (AvgIpc) is 3.49. The van der Waals surface area contributed by atoms with Crippen molar-refractivity contribution in [3.8, 4) is 11.5 Å². The molecule has 170 valence electrons. The first-order valence-electron chi connectivity index (χ1n) is 10.1. The summed E-state index contributed by atoms with van der Waals surface area (Å²) in [7, 11) is -3.85. The molecule has 2 aromatic heterocycles. The number of carbonyl (C=O) groups is 1. The molecule has 2 aromatic carbocycles. The number of aryl methyl sites for hydroxylation is 2. The Balaban J connectivity index is 1.43. The molecule has 0 radical (unpaired) electrons. The summed E-state index contributed by atoms with van der Waals surface area (Å²) in [6, 6.07) is 15.3. The van der Waals surface area contributed by atoms with Crippen molar-refractivity contribution < 1.29 is 26.8 Å². The standard InChI is InChI=1S/C24H22N2O6S/c1-16-5-8-18(9-6-16)23-26-19(14-31-23)15-32-24(27)22-12-21(10-7-17(22)2)33(28,29)25-13-20-4-3-11-30-20/h3-12,14,25H,13,15H2,1-2H3. The highest BCUT2D eigenvalue weighted by Gasteiger charge is 2.20. The van der Waals surface area contributed by atoms with Crippen molar-refractivity contribution >= 4 is 16.0 Å². The molecule has 4 aromatic rings. The third kappa shape index (κ3) is 5.39. The summed E-state index contributed by atoms with van der Waals surface area (Å²) in [5, 5.41) is 0. The fraction of sp³-hybridized carbons (Fsp3) is 0.167. The molecule has 0 saturated carbocycles. The number of benzene rings is 2.